The molecule has 1 aliphatic carbocycles. The van der Waals surface area contributed by atoms with Crippen LogP contribution < -0.4 is 10.9 Å². The lowest BCUT2D eigenvalue weighted by molar-refractivity contribution is 0.148. The van der Waals surface area contributed by atoms with Gasteiger partial charge >= 0.3 is 0 Å². The fraction of sp³-hybridized carbons (Fsp3) is 0.714. The van der Waals surface area contributed by atoms with Crippen molar-refractivity contribution in [2.45, 2.75) is 25.4 Å². The van der Waals surface area contributed by atoms with Gasteiger partial charge in [-0.1, -0.05) is 0 Å². The first kappa shape index (κ1) is 13.6. The van der Waals surface area contributed by atoms with Crippen LogP contribution in [-0.2, 0) is 6.54 Å². The highest BCUT2D eigenvalue weighted by molar-refractivity contribution is 5.41. The second kappa shape index (κ2) is 5.93. The van der Waals surface area contributed by atoms with Gasteiger partial charge in [0.1, 0.15) is 0 Å². The van der Waals surface area contributed by atoms with Gasteiger partial charge in [-0.3, -0.25) is 9.69 Å². The summed E-state index contributed by atoms with van der Waals surface area (Å²) >= 11 is 0. The zero-order valence-electron chi connectivity index (χ0n) is 12.1. The van der Waals surface area contributed by atoms with Crippen LogP contribution in [-0.4, -0.2) is 65.4 Å². The van der Waals surface area contributed by atoms with Crippen LogP contribution in [0.25, 0.3) is 0 Å². The Kier molecular flexibility index (Phi) is 4.03. The standard InChI is InChI=1S/C14H23N5O/c1-17-4-6-18(7-5-17)8-9-19-14(20)10-13(11-15-19)16-12-2-3-12/h10-12,16H,2-9H2,1H3. The zero-order valence-corrected chi connectivity index (χ0v) is 12.1. The third-order valence-electron chi connectivity index (χ3n) is 4.04. The van der Waals surface area contributed by atoms with Gasteiger partial charge in [0.25, 0.3) is 5.56 Å². The molecule has 1 saturated heterocycles. The number of nitrogens with zero attached hydrogens (tertiary/aromatic N) is 4. The molecule has 20 heavy (non-hydrogen) atoms. The van der Waals surface area contributed by atoms with Gasteiger partial charge in [0.2, 0.25) is 0 Å². The highest BCUT2D eigenvalue weighted by Gasteiger charge is 2.21. The van der Waals surface area contributed by atoms with Crippen molar-refractivity contribution in [3.63, 3.8) is 0 Å². The van der Waals surface area contributed by atoms with Crippen molar-refractivity contribution in [1.29, 1.82) is 0 Å². The number of likely N-dealkylation sites (N-methyl/N-ethyl adjacent to an activating group) is 1. The van der Waals surface area contributed by atoms with Gasteiger partial charge in [-0.2, -0.15) is 5.10 Å². The quantitative estimate of drug-likeness (QED) is 0.825. The Morgan fingerprint density at radius 2 is 2.00 bits per heavy atom. The van der Waals surface area contributed by atoms with Crippen LogP contribution in [0.1, 0.15) is 12.8 Å². The molecule has 0 atom stereocenters. The maximum Gasteiger partial charge on any atom is 0.268 e. The summed E-state index contributed by atoms with van der Waals surface area (Å²) in [4.78, 5) is 16.7. The summed E-state index contributed by atoms with van der Waals surface area (Å²) < 4.78 is 1.57. The molecule has 3 rings (SSSR count). The van der Waals surface area contributed by atoms with E-state index in [1.54, 1.807) is 16.9 Å². The molecule has 0 unspecified atom stereocenters. The number of aromatic nitrogens is 2. The van der Waals surface area contributed by atoms with Crippen LogP contribution in [0.4, 0.5) is 5.69 Å². The second-order valence-electron chi connectivity index (χ2n) is 5.87. The summed E-state index contributed by atoms with van der Waals surface area (Å²) in [6.45, 7) is 5.93. The predicted molar refractivity (Wildman–Crippen MR) is 79.1 cm³/mol. The fourth-order valence-electron chi connectivity index (χ4n) is 2.45. The van der Waals surface area contributed by atoms with E-state index < -0.39 is 0 Å². The molecule has 2 heterocycles. The molecule has 1 aromatic rings. The lowest BCUT2D eigenvalue weighted by Gasteiger charge is -2.32. The molecule has 1 aromatic heterocycles. The van der Waals surface area contributed by atoms with E-state index in [0.29, 0.717) is 12.6 Å². The number of piperazine rings is 1. The Hall–Kier alpha value is -1.40. The number of rotatable bonds is 5. The van der Waals surface area contributed by atoms with E-state index in [2.05, 4.69) is 27.3 Å². The zero-order chi connectivity index (χ0) is 13.9. The minimum Gasteiger partial charge on any atom is -0.381 e. The van der Waals surface area contributed by atoms with Crippen molar-refractivity contribution in [3.05, 3.63) is 22.6 Å². The average molecular weight is 277 g/mol. The minimum absolute atomic E-state index is 0.00947. The van der Waals surface area contributed by atoms with E-state index in [1.807, 2.05) is 0 Å². The summed E-state index contributed by atoms with van der Waals surface area (Å²) in [6.07, 6.45) is 4.17. The van der Waals surface area contributed by atoms with Crippen LogP contribution in [0.5, 0.6) is 0 Å². The van der Waals surface area contributed by atoms with Gasteiger partial charge in [-0.05, 0) is 19.9 Å². The minimum atomic E-state index is -0.00947. The normalized spacial score (nSPS) is 21.1. The van der Waals surface area contributed by atoms with Crippen LogP contribution in [0.2, 0.25) is 0 Å². The number of hydrogen-bond acceptors (Lipinski definition) is 5. The molecule has 2 aliphatic rings. The highest BCUT2D eigenvalue weighted by atomic mass is 16.1. The molecule has 6 nitrogen and oxygen atoms in total. The summed E-state index contributed by atoms with van der Waals surface area (Å²) in [7, 11) is 2.15. The summed E-state index contributed by atoms with van der Waals surface area (Å²) in [5.41, 5.74) is 0.845. The number of anilines is 1. The van der Waals surface area contributed by atoms with Crippen molar-refractivity contribution in [1.82, 2.24) is 19.6 Å². The number of nitrogens with one attached hydrogen (secondary N) is 1. The Bertz CT molecular complexity index is 503. The van der Waals surface area contributed by atoms with E-state index in [4.69, 9.17) is 0 Å². The van der Waals surface area contributed by atoms with E-state index in [9.17, 15) is 4.79 Å². The largest absolute Gasteiger partial charge is 0.381 e. The van der Waals surface area contributed by atoms with Crippen molar-refractivity contribution in [3.8, 4) is 0 Å². The fourth-order valence-corrected chi connectivity index (χ4v) is 2.45. The van der Waals surface area contributed by atoms with Gasteiger partial charge in [0.05, 0.1) is 18.4 Å². The highest BCUT2D eigenvalue weighted by Crippen LogP contribution is 2.23. The van der Waals surface area contributed by atoms with E-state index >= 15 is 0 Å². The maximum absolute atomic E-state index is 12.0. The molecular weight excluding hydrogens is 254 g/mol. The van der Waals surface area contributed by atoms with Gasteiger partial charge in [-0.25, -0.2) is 4.68 Å². The molecule has 1 aliphatic heterocycles. The predicted octanol–water partition coefficient (Wildman–Crippen LogP) is 0.0650. The van der Waals surface area contributed by atoms with Crippen molar-refractivity contribution < 1.29 is 0 Å². The Balaban J connectivity index is 1.53. The third kappa shape index (κ3) is 3.58. The topological polar surface area (TPSA) is 53.4 Å². The first-order chi connectivity index (χ1) is 9.70. The van der Waals surface area contributed by atoms with Crippen LogP contribution in [0.15, 0.2) is 17.1 Å². The molecule has 110 valence electrons. The van der Waals surface area contributed by atoms with Crippen molar-refractivity contribution >= 4 is 5.69 Å². The lowest BCUT2D eigenvalue weighted by Crippen LogP contribution is -2.46. The molecule has 1 saturated carbocycles. The molecule has 0 amide bonds. The van der Waals surface area contributed by atoms with Gasteiger partial charge in [0.15, 0.2) is 0 Å². The summed E-state index contributed by atoms with van der Waals surface area (Å²) in [5.74, 6) is 0. The molecule has 0 spiro atoms. The molecule has 2 fully saturated rings. The molecular formula is C14H23N5O. The Labute approximate surface area is 119 Å². The molecule has 1 N–H and O–H groups in total. The molecule has 0 bridgehead atoms. The Morgan fingerprint density at radius 1 is 1.25 bits per heavy atom. The third-order valence-corrected chi connectivity index (χ3v) is 4.04. The maximum atomic E-state index is 12.0. The second-order valence-corrected chi connectivity index (χ2v) is 5.87. The van der Waals surface area contributed by atoms with Gasteiger partial charge < -0.3 is 10.2 Å². The van der Waals surface area contributed by atoms with Crippen molar-refractivity contribution in [2.75, 3.05) is 45.1 Å². The smallest absolute Gasteiger partial charge is 0.268 e. The van der Waals surface area contributed by atoms with Crippen molar-refractivity contribution in [2.24, 2.45) is 0 Å². The SMILES string of the molecule is CN1CCN(CCn2ncc(NC3CC3)cc2=O)CC1. The molecule has 0 radical (unpaired) electrons. The van der Waals surface area contributed by atoms with Crippen LogP contribution in [0.3, 0.4) is 0 Å². The first-order valence-corrected chi connectivity index (χ1v) is 7.45. The first-order valence-electron chi connectivity index (χ1n) is 7.45. The van der Waals surface area contributed by atoms with Crippen LogP contribution >= 0.6 is 0 Å². The molecule has 0 aromatic carbocycles. The lowest BCUT2D eigenvalue weighted by atomic mass is 10.3. The average Bonchev–Trinajstić information content (AvgIpc) is 3.24. The molecule has 6 heteroatoms. The van der Waals surface area contributed by atoms with E-state index in [1.165, 1.54) is 12.8 Å². The van der Waals surface area contributed by atoms with Gasteiger partial charge in [-0.15, -0.1) is 0 Å². The summed E-state index contributed by atoms with van der Waals surface area (Å²) in [5, 5.41) is 7.57. The Morgan fingerprint density at radius 3 is 2.65 bits per heavy atom. The van der Waals surface area contributed by atoms with E-state index in [0.717, 1.165) is 38.4 Å². The van der Waals surface area contributed by atoms with Gasteiger partial charge in [0, 0.05) is 44.8 Å². The van der Waals surface area contributed by atoms with Crippen LogP contribution in [0, 0.1) is 0 Å². The summed E-state index contributed by atoms with van der Waals surface area (Å²) in [6, 6.07) is 2.22. The monoisotopic (exact) mass is 277 g/mol. The number of hydrogen-bond donors (Lipinski definition) is 1. The van der Waals surface area contributed by atoms with E-state index in [-0.39, 0.29) is 5.56 Å².